The van der Waals surface area contributed by atoms with Crippen molar-refractivity contribution >= 4 is 0 Å². The van der Waals surface area contributed by atoms with Crippen LogP contribution < -0.4 is 0 Å². The van der Waals surface area contributed by atoms with Crippen molar-refractivity contribution in [2.75, 3.05) is 20.2 Å². The number of hydrogen-bond acceptors (Lipinski definition) is 4. The monoisotopic (exact) mass is 343 g/mol. The minimum Gasteiger partial charge on any atom is -0.467 e. The number of benzene rings is 1. The summed E-state index contributed by atoms with van der Waals surface area (Å²) >= 11 is 0. The molecule has 1 aromatic heterocycles. The third-order valence-corrected chi connectivity index (χ3v) is 3.39. The first kappa shape index (κ1) is 18.5. The zero-order valence-corrected chi connectivity index (χ0v) is 13.3. The number of likely N-dealkylation sites (N-methyl/N-ethyl adjacent to an activating group) is 1. The Morgan fingerprint density at radius 1 is 1.21 bits per heavy atom. The molecule has 0 amide bonds. The van der Waals surface area contributed by atoms with Gasteiger partial charge in [-0.2, -0.15) is 13.2 Å². The highest BCUT2D eigenvalue weighted by Gasteiger charge is 2.29. The zero-order chi connectivity index (χ0) is 17.6. The van der Waals surface area contributed by atoms with Gasteiger partial charge in [0.2, 0.25) is 0 Å². The van der Waals surface area contributed by atoms with Crippen molar-refractivity contribution in [3.05, 3.63) is 59.5 Å². The molecule has 7 heteroatoms. The number of alkyl halides is 3. The van der Waals surface area contributed by atoms with E-state index in [4.69, 9.17) is 9.15 Å². The van der Waals surface area contributed by atoms with Gasteiger partial charge in [-0.25, -0.2) is 0 Å². The highest BCUT2D eigenvalue weighted by atomic mass is 19.4. The molecule has 1 aromatic carbocycles. The van der Waals surface area contributed by atoms with Gasteiger partial charge in [-0.1, -0.05) is 12.1 Å². The lowest BCUT2D eigenvalue weighted by Crippen LogP contribution is -2.31. The summed E-state index contributed by atoms with van der Waals surface area (Å²) in [6, 6.07) is 8.55. The lowest BCUT2D eigenvalue weighted by atomic mass is 10.1. The van der Waals surface area contributed by atoms with E-state index < -0.39 is 17.8 Å². The van der Waals surface area contributed by atoms with Gasteiger partial charge in [-0.3, -0.25) is 4.90 Å². The number of aliphatic hydroxyl groups excluding tert-OH is 1. The van der Waals surface area contributed by atoms with Crippen LogP contribution in [0.4, 0.5) is 13.2 Å². The van der Waals surface area contributed by atoms with Crippen LogP contribution in [0.5, 0.6) is 0 Å². The van der Waals surface area contributed by atoms with Crippen molar-refractivity contribution in [2.45, 2.75) is 25.4 Å². The highest BCUT2D eigenvalue weighted by Crippen LogP contribution is 2.29. The van der Waals surface area contributed by atoms with Gasteiger partial charge in [0, 0.05) is 13.1 Å². The smallest absolute Gasteiger partial charge is 0.416 e. The van der Waals surface area contributed by atoms with Crippen LogP contribution in [0.15, 0.2) is 47.1 Å². The van der Waals surface area contributed by atoms with Gasteiger partial charge in [0.25, 0.3) is 0 Å². The summed E-state index contributed by atoms with van der Waals surface area (Å²) < 4.78 is 48.0. The Hall–Kier alpha value is -1.83. The summed E-state index contributed by atoms with van der Waals surface area (Å²) in [5.74, 6) is 0.681. The van der Waals surface area contributed by atoms with E-state index in [1.54, 1.807) is 25.4 Å². The molecular formula is C17H20F3NO3. The Balaban J connectivity index is 1.72. The van der Waals surface area contributed by atoms with Crippen LogP contribution >= 0.6 is 0 Å². The van der Waals surface area contributed by atoms with E-state index in [1.807, 2.05) is 4.90 Å². The van der Waals surface area contributed by atoms with Crippen molar-refractivity contribution in [3.8, 4) is 0 Å². The summed E-state index contributed by atoms with van der Waals surface area (Å²) in [6.45, 7) is 1.22. The van der Waals surface area contributed by atoms with Crippen molar-refractivity contribution in [3.63, 3.8) is 0 Å². The second kappa shape index (κ2) is 8.32. The second-order valence-electron chi connectivity index (χ2n) is 5.64. The Morgan fingerprint density at radius 2 is 1.92 bits per heavy atom. The number of ether oxygens (including phenoxy) is 1. The minimum absolute atomic E-state index is 0.151. The number of nitrogens with zero attached hydrogens (tertiary/aromatic N) is 1. The lowest BCUT2D eigenvalue weighted by Gasteiger charge is -2.20. The number of rotatable bonds is 8. The maximum absolute atomic E-state index is 12.5. The summed E-state index contributed by atoms with van der Waals surface area (Å²) in [5.41, 5.74) is 0.0782. The third kappa shape index (κ3) is 5.99. The molecule has 24 heavy (non-hydrogen) atoms. The van der Waals surface area contributed by atoms with Crippen LogP contribution in [-0.4, -0.2) is 36.3 Å². The first-order valence-electron chi connectivity index (χ1n) is 7.47. The first-order valence-corrected chi connectivity index (χ1v) is 7.47. The van der Waals surface area contributed by atoms with Crippen LogP contribution in [0.1, 0.15) is 16.9 Å². The van der Waals surface area contributed by atoms with Gasteiger partial charge >= 0.3 is 6.18 Å². The number of furan rings is 1. The number of halogens is 3. The quantitative estimate of drug-likeness (QED) is 0.799. The molecule has 0 unspecified atom stereocenters. The second-order valence-corrected chi connectivity index (χ2v) is 5.64. The molecule has 2 aromatic rings. The van der Waals surface area contributed by atoms with E-state index in [0.717, 1.165) is 17.7 Å². The molecule has 4 nitrogen and oxygen atoms in total. The Bertz CT molecular complexity index is 597. The fraction of sp³-hybridized carbons (Fsp3) is 0.412. The third-order valence-electron chi connectivity index (χ3n) is 3.39. The molecule has 0 spiro atoms. The van der Waals surface area contributed by atoms with Gasteiger partial charge in [0.15, 0.2) is 0 Å². The molecule has 2 rings (SSSR count). The van der Waals surface area contributed by atoms with Crippen molar-refractivity contribution in [1.29, 1.82) is 0 Å². The molecular weight excluding hydrogens is 323 g/mol. The van der Waals surface area contributed by atoms with E-state index in [0.29, 0.717) is 18.8 Å². The maximum atomic E-state index is 12.5. The fourth-order valence-electron chi connectivity index (χ4n) is 2.28. The molecule has 0 saturated heterocycles. The number of aliphatic hydroxyl groups is 1. The molecule has 0 aliphatic carbocycles. The molecule has 132 valence electrons. The van der Waals surface area contributed by atoms with Crippen LogP contribution in [0, 0.1) is 0 Å². The van der Waals surface area contributed by atoms with Gasteiger partial charge in [-0.05, 0) is 36.9 Å². The highest BCUT2D eigenvalue weighted by molar-refractivity contribution is 5.24. The fourth-order valence-corrected chi connectivity index (χ4v) is 2.28. The van der Waals surface area contributed by atoms with Crippen LogP contribution in [-0.2, 0) is 24.1 Å². The van der Waals surface area contributed by atoms with Crippen LogP contribution in [0.2, 0.25) is 0 Å². The average Bonchev–Trinajstić information content (AvgIpc) is 3.00. The van der Waals surface area contributed by atoms with E-state index in [-0.39, 0.29) is 13.2 Å². The Labute approximate surface area is 138 Å². The zero-order valence-electron chi connectivity index (χ0n) is 13.3. The molecule has 0 aliphatic rings. The van der Waals surface area contributed by atoms with Gasteiger partial charge in [-0.15, -0.1) is 0 Å². The van der Waals surface area contributed by atoms with Gasteiger partial charge < -0.3 is 14.3 Å². The molecule has 0 aliphatic heterocycles. The largest absolute Gasteiger partial charge is 0.467 e. The minimum atomic E-state index is -4.33. The Morgan fingerprint density at radius 3 is 2.50 bits per heavy atom. The number of hydrogen-bond donors (Lipinski definition) is 1. The summed E-state index contributed by atoms with van der Waals surface area (Å²) in [7, 11) is 1.79. The normalized spacial score (nSPS) is 13.4. The average molecular weight is 343 g/mol. The van der Waals surface area contributed by atoms with E-state index in [2.05, 4.69) is 0 Å². The van der Waals surface area contributed by atoms with E-state index in [9.17, 15) is 18.3 Å². The lowest BCUT2D eigenvalue weighted by molar-refractivity contribution is -0.137. The van der Waals surface area contributed by atoms with Crippen molar-refractivity contribution in [2.24, 2.45) is 0 Å². The Kier molecular flexibility index (Phi) is 6.42. The van der Waals surface area contributed by atoms with Crippen molar-refractivity contribution in [1.82, 2.24) is 4.90 Å². The van der Waals surface area contributed by atoms with Crippen LogP contribution in [0.3, 0.4) is 0 Å². The summed E-state index contributed by atoms with van der Waals surface area (Å²) in [4.78, 5) is 1.82. The summed E-state index contributed by atoms with van der Waals surface area (Å²) in [6.07, 6.45) is -3.47. The van der Waals surface area contributed by atoms with E-state index in [1.165, 1.54) is 12.1 Å². The SMILES string of the molecule is CN(Cc1ccc(C(F)(F)F)cc1)C[C@@H](O)COCc1ccco1. The molecule has 0 radical (unpaired) electrons. The van der Waals surface area contributed by atoms with Gasteiger partial charge in [0.05, 0.1) is 24.5 Å². The predicted octanol–water partition coefficient (Wildman–Crippen LogP) is 3.31. The van der Waals surface area contributed by atoms with Crippen LogP contribution in [0.25, 0.3) is 0 Å². The molecule has 1 N–H and O–H groups in total. The van der Waals surface area contributed by atoms with Gasteiger partial charge in [0.1, 0.15) is 12.4 Å². The first-order chi connectivity index (χ1) is 11.3. The van der Waals surface area contributed by atoms with Crippen molar-refractivity contribution < 1.29 is 27.4 Å². The molecule has 0 bridgehead atoms. The van der Waals surface area contributed by atoms with E-state index >= 15 is 0 Å². The topological polar surface area (TPSA) is 45.8 Å². The molecule has 0 saturated carbocycles. The standard InChI is InChI=1S/C17H20F3NO3/c1-21(9-13-4-6-14(7-5-13)17(18,19)20)10-15(22)11-23-12-16-3-2-8-24-16/h2-8,15,22H,9-12H2,1H3/t15-/m1/s1. The molecule has 1 heterocycles. The predicted molar refractivity (Wildman–Crippen MR) is 82.1 cm³/mol. The maximum Gasteiger partial charge on any atom is 0.416 e. The summed E-state index contributed by atoms with van der Waals surface area (Å²) in [5, 5.41) is 9.93. The molecule has 0 fully saturated rings. The molecule has 1 atom stereocenters.